The summed E-state index contributed by atoms with van der Waals surface area (Å²) < 4.78 is 29.3. The minimum atomic E-state index is -3.42. The fourth-order valence-corrected chi connectivity index (χ4v) is 1.67. The summed E-state index contributed by atoms with van der Waals surface area (Å²) in [5, 5.41) is 8.79. The number of methoxy groups -OCH3 is 1. The molecule has 0 radical (unpaired) electrons. The normalized spacial score (nSPS) is 10.5. The number of benzene rings is 1. The average Bonchev–Trinajstić information content (AvgIpc) is 2.16. The average molecular weight is 226 g/mol. The van der Waals surface area contributed by atoms with E-state index < -0.39 is 10.0 Å². The molecule has 0 spiro atoms. The second-order valence-corrected chi connectivity index (χ2v) is 4.62. The monoisotopic (exact) mass is 226 g/mol. The van der Waals surface area contributed by atoms with Crippen LogP contribution >= 0.6 is 0 Å². The van der Waals surface area contributed by atoms with E-state index in [0.29, 0.717) is 5.75 Å². The number of ether oxygens (including phenoxy) is 1. The maximum atomic E-state index is 11.1. The molecule has 0 saturated carbocycles. The molecule has 6 heteroatoms. The highest BCUT2D eigenvalue weighted by atomic mass is 32.2. The van der Waals surface area contributed by atoms with E-state index in [0.717, 1.165) is 6.26 Å². The number of sulfonamides is 1. The van der Waals surface area contributed by atoms with E-state index in [2.05, 4.69) is 4.72 Å². The number of rotatable bonds is 3. The highest BCUT2D eigenvalue weighted by molar-refractivity contribution is 7.92. The molecule has 0 aliphatic carbocycles. The maximum absolute atomic E-state index is 11.1. The molecule has 0 amide bonds. The topological polar surface area (TPSA) is 79.2 Å². The van der Waals surface area contributed by atoms with Gasteiger partial charge in [0.05, 0.1) is 18.9 Å². The van der Waals surface area contributed by atoms with Gasteiger partial charge in [-0.05, 0) is 12.1 Å². The first kappa shape index (κ1) is 11.3. The van der Waals surface area contributed by atoms with Gasteiger partial charge in [0.15, 0.2) is 0 Å². The van der Waals surface area contributed by atoms with Crippen molar-refractivity contribution in [1.82, 2.24) is 0 Å². The van der Waals surface area contributed by atoms with Gasteiger partial charge in [0.1, 0.15) is 17.5 Å². The molecular formula is C9H10N2O3S. The number of anilines is 1. The summed E-state index contributed by atoms with van der Waals surface area (Å²) in [6.07, 6.45) is 1.01. The minimum absolute atomic E-state index is 0.171. The molecule has 0 aromatic heterocycles. The molecule has 1 aromatic carbocycles. The lowest BCUT2D eigenvalue weighted by molar-refractivity contribution is 0.417. The number of nitrogens with one attached hydrogen (secondary N) is 1. The third-order valence-electron chi connectivity index (χ3n) is 1.65. The van der Waals surface area contributed by atoms with Crippen LogP contribution in [0.5, 0.6) is 5.75 Å². The van der Waals surface area contributed by atoms with Gasteiger partial charge in [0.2, 0.25) is 10.0 Å². The van der Waals surface area contributed by atoms with E-state index in [9.17, 15) is 8.42 Å². The summed E-state index contributed by atoms with van der Waals surface area (Å²) in [7, 11) is -2.02. The summed E-state index contributed by atoms with van der Waals surface area (Å²) >= 11 is 0. The summed E-state index contributed by atoms with van der Waals surface area (Å²) in [5.41, 5.74) is 0.393. The molecule has 0 aliphatic rings. The van der Waals surface area contributed by atoms with Crippen molar-refractivity contribution in [3.8, 4) is 11.8 Å². The summed E-state index contributed by atoms with van der Waals surface area (Å²) in [6, 6.07) is 6.59. The van der Waals surface area contributed by atoms with Crippen LogP contribution in [0, 0.1) is 11.3 Å². The molecule has 0 aliphatic heterocycles. The van der Waals surface area contributed by atoms with Gasteiger partial charge < -0.3 is 4.74 Å². The Kier molecular flexibility index (Phi) is 3.17. The molecule has 15 heavy (non-hydrogen) atoms. The SMILES string of the molecule is COc1cccc(C#N)c1NS(C)(=O)=O. The molecule has 0 fully saturated rings. The summed E-state index contributed by atoms with van der Waals surface area (Å²) in [6.45, 7) is 0. The second-order valence-electron chi connectivity index (χ2n) is 2.87. The third kappa shape index (κ3) is 2.86. The van der Waals surface area contributed by atoms with Gasteiger partial charge in [-0.25, -0.2) is 8.42 Å². The van der Waals surface area contributed by atoms with Crippen molar-refractivity contribution in [2.45, 2.75) is 0 Å². The van der Waals surface area contributed by atoms with Crippen LogP contribution in [0.4, 0.5) is 5.69 Å². The highest BCUT2D eigenvalue weighted by Gasteiger charge is 2.12. The molecule has 1 N–H and O–H groups in total. The van der Waals surface area contributed by atoms with Crippen LogP contribution in [-0.2, 0) is 10.0 Å². The van der Waals surface area contributed by atoms with Crippen LogP contribution in [0.3, 0.4) is 0 Å². The van der Waals surface area contributed by atoms with Gasteiger partial charge in [-0.3, -0.25) is 4.72 Å². The fourth-order valence-electron chi connectivity index (χ4n) is 1.09. The number of hydrogen-bond donors (Lipinski definition) is 1. The van der Waals surface area contributed by atoms with Crippen LogP contribution in [0.15, 0.2) is 18.2 Å². The van der Waals surface area contributed by atoms with Crippen molar-refractivity contribution < 1.29 is 13.2 Å². The molecule has 80 valence electrons. The second kappa shape index (κ2) is 4.19. The molecule has 1 rings (SSSR count). The van der Waals surface area contributed by atoms with Crippen molar-refractivity contribution in [3.63, 3.8) is 0 Å². The standard InChI is InChI=1S/C9H10N2O3S/c1-14-8-5-3-4-7(6-10)9(8)11-15(2,12)13/h3-5,11H,1-2H3. The van der Waals surface area contributed by atoms with Crippen molar-refractivity contribution >= 4 is 15.7 Å². The van der Waals surface area contributed by atoms with Crippen LogP contribution in [0.2, 0.25) is 0 Å². The summed E-state index contributed by atoms with van der Waals surface area (Å²) in [5.74, 6) is 0.319. The molecule has 0 heterocycles. The van der Waals surface area contributed by atoms with Gasteiger partial charge in [0, 0.05) is 0 Å². The van der Waals surface area contributed by atoms with Crippen LogP contribution in [-0.4, -0.2) is 21.8 Å². The lowest BCUT2D eigenvalue weighted by Gasteiger charge is -2.10. The Bertz CT molecular complexity index is 503. The highest BCUT2D eigenvalue weighted by Crippen LogP contribution is 2.28. The first-order chi connectivity index (χ1) is 6.98. The number of nitrogens with zero attached hydrogens (tertiary/aromatic N) is 1. The Morgan fingerprint density at radius 3 is 2.60 bits per heavy atom. The number of para-hydroxylation sites is 1. The first-order valence-electron chi connectivity index (χ1n) is 4.03. The summed E-state index contributed by atoms with van der Waals surface area (Å²) in [4.78, 5) is 0. The van der Waals surface area contributed by atoms with E-state index in [1.165, 1.54) is 13.2 Å². The molecule has 1 aromatic rings. The molecular weight excluding hydrogens is 216 g/mol. The van der Waals surface area contributed by atoms with Crippen LogP contribution < -0.4 is 9.46 Å². The van der Waals surface area contributed by atoms with E-state index in [1.807, 2.05) is 6.07 Å². The molecule has 5 nitrogen and oxygen atoms in total. The van der Waals surface area contributed by atoms with Gasteiger partial charge in [0.25, 0.3) is 0 Å². The zero-order chi connectivity index (χ0) is 11.5. The van der Waals surface area contributed by atoms with Gasteiger partial charge >= 0.3 is 0 Å². The lowest BCUT2D eigenvalue weighted by Crippen LogP contribution is -2.11. The Morgan fingerprint density at radius 2 is 2.13 bits per heavy atom. The van der Waals surface area contributed by atoms with Crippen LogP contribution in [0.1, 0.15) is 5.56 Å². The predicted octanol–water partition coefficient (Wildman–Crippen LogP) is 0.938. The van der Waals surface area contributed by atoms with Crippen molar-refractivity contribution in [1.29, 1.82) is 5.26 Å². The third-order valence-corrected chi connectivity index (χ3v) is 2.23. The fraction of sp³-hybridized carbons (Fsp3) is 0.222. The Labute approximate surface area is 88.3 Å². The number of nitriles is 1. The molecule has 0 atom stereocenters. The van der Waals surface area contributed by atoms with E-state index in [1.54, 1.807) is 12.1 Å². The van der Waals surface area contributed by atoms with E-state index >= 15 is 0 Å². The molecule has 0 unspecified atom stereocenters. The van der Waals surface area contributed by atoms with Gasteiger partial charge in [-0.2, -0.15) is 5.26 Å². The lowest BCUT2D eigenvalue weighted by atomic mass is 10.2. The van der Waals surface area contributed by atoms with Crippen molar-refractivity contribution in [3.05, 3.63) is 23.8 Å². The van der Waals surface area contributed by atoms with Gasteiger partial charge in [-0.1, -0.05) is 6.07 Å². The predicted molar refractivity (Wildman–Crippen MR) is 56.2 cm³/mol. The molecule has 0 bridgehead atoms. The van der Waals surface area contributed by atoms with E-state index in [-0.39, 0.29) is 11.3 Å². The Hall–Kier alpha value is -1.74. The van der Waals surface area contributed by atoms with Crippen LogP contribution in [0.25, 0.3) is 0 Å². The maximum Gasteiger partial charge on any atom is 0.229 e. The minimum Gasteiger partial charge on any atom is -0.495 e. The van der Waals surface area contributed by atoms with E-state index in [4.69, 9.17) is 10.00 Å². The van der Waals surface area contributed by atoms with Gasteiger partial charge in [-0.15, -0.1) is 0 Å². The largest absolute Gasteiger partial charge is 0.495 e. The Balaban J connectivity index is 3.30. The zero-order valence-corrected chi connectivity index (χ0v) is 9.13. The Morgan fingerprint density at radius 1 is 1.47 bits per heavy atom. The van der Waals surface area contributed by atoms with Crippen molar-refractivity contribution in [2.75, 3.05) is 18.1 Å². The zero-order valence-electron chi connectivity index (χ0n) is 8.31. The van der Waals surface area contributed by atoms with Crippen molar-refractivity contribution in [2.24, 2.45) is 0 Å². The number of hydrogen-bond acceptors (Lipinski definition) is 4. The quantitative estimate of drug-likeness (QED) is 0.831. The smallest absolute Gasteiger partial charge is 0.229 e. The first-order valence-corrected chi connectivity index (χ1v) is 5.92. The molecule has 0 saturated heterocycles.